The molecule has 0 fully saturated rings. The number of nitrogens with two attached hydrogens (primary N) is 1. The van der Waals surface area contributed by atoms with E-state index >= 15 is 0 Å². The van der Waals surface area contributed by atoms with Crippen molar-refractivity contribution in [1.29, 1.82) is 0 Å². The maximum absolute atomic E-state index is 12.2. The van der Waals surface area contributed by atoms with E-state index in [1.54, 1.807) is 17.0 Å². The van der Waals surface area contributed by atoms with Crippen LogP contribution in [0.25, 0.3) is 0 Å². The maximum Gasteiger partial charge on any atom is 0.180 e. The van der Waals surface area contributed by atoms with E-state index in [0.29, 0.717) is 12.1 Å². The lowest BCUT2D eigenvalue weighted by Gasteiger charge is -2.07. The second-order valence-corrected chi connectivity index (χ2v) is 6.61. The lowest BCUT2D eigenvalue weighted by atomic mass is 10.2. The summed E-state index contributed by atoms with van der Waals surface area (Å²) in [7, 11) is -3.39. The molecule has 0 atom stereocenters. The average molecular weight is 308 g/mol. The molecule has 1 heterocycles. The van der Waals surface area contributed by atoms with Gasteiger partial charge in [0.1, 0.15) is 5.82 Å². The molecule has 0 aliphatic heterocycles. The van der Waals surface area contributed by atoms with Gasteiger partial charge in [-0.1, -0.05) is 5.16 Å². The number of benzene rings is 1. The quantitative estimate of drug-likeness (QED) is 0.367. The molecular formula is C13H16N4O3S. The van der Waals surface area contributed by atoms with Gasteiger partial charge in [0, 0.05) is 24.5 Å². The lowest BCUT2D eigenvalue weighted by molar-refractivity contribution is 0.318. The second kappa shape index (κ2) is 5.96. The van der Waals surface area contributed by atoms with Gasteiger partial charge < -0.3 is 15.5 Å². The molecule has 0 aliphatic carbocycles. The first-order valence-corrected chi connectivity index (χ1v) is 7.88. The van der Waals surface area contributed by atoms with E-state index in [1.807, 2.05) is 6.92 Å². The molecule has 0 saturated carbocycles. The molecule has 3 N–H and O–H groups in total. The number of sulfone groups is 1. The lowest BCUT2D eigenvalue weighted by Crippen LogP contribution is -2.15. The van der Waals surface area contributed by atoms with E-state index in [1.165, 1.54) is 24.3 Å². The van der Waals surface area contributed by atoms with Crippen LogP contribution in [0.2, 0.25) is 0 Å². The second-order valence-electron chi connectivity index (χ2n) is 4.50. The minimum atomic E-state index is -3.39. The van der Waals surface area contributed by atoms with Gasteiger partial charge in [0.2, 0.25) is 0 Å². The van der Waals surface area contributed by atoms with E-state index < -0.39 is 9.84 Å². The van der Waals surface area contributed by atoms with Crippen LogP contribution in [0.15, 0.2) is 46.7 Å². The molecule has 7 nitrogen and oxygen atoms in total. The molecule has 2 rings (SSSR count). The predicted octanol–water partition coefficient (Wildman–Crippen LogP) is 0.760. The SMILES string of the molecule is Cc1nccn1CCS(=O)(=O)c1ccc(/C(N)=N/O)cc1. The van der Waals surface area contributed by atoms with Crippen LogP contribution >= 0.6 is 0 Å². The number of aromatic nitrogens is 2. The Balaban J connectivity index is 2.14. The van der Waals surface area contributed by atoms with Crippen LogP contribution < -0.4 is 5.73 Å². The standard InChI is InChI=1S/C13H16N4O3S/c1-10-15-6-7-17(10)8-9-21(19,20)12-4-2-11(3-5-12)13(14)16-18/h2-7,18H,8-9H2,1H3,(H2,14,16). The van der Waals surface area contributed by atoms with E-state index in [-0.39, 0.29) is 16.5 Å². The highest BCUT2D eigenvalue weighted by atomic mass is 32.2. The summed E-state index contributed by atoms with van der Waals surface area (Å²) in [5.74, 6) is 0.688. The third-order valence-electron chi connectivity index (χ3n) is 3.14. The number of hydrogen-bond acceptors (Lipinski definition) is 5. The highest BCUT2D eigenvalue weighted by Gasteiger charge is 2.15. The number of amidine groups is 1. The fraction of sp³-hybridized carbons (Fsp3) is 0.231. The fourth-order valence-corrected chi connectivity index (χ4v) is 3.09. The molecule has 112 valence electrons. The van der Waals surface area contributed by atoms with Crippen LogP contribution in [0.3, 0.4) is 0 Å². The van der Waals surface area contributed by atoms with Crippen molar-refractivity contribution < 1.29 is 13.6 Å². The third-order valence-corrected chi connectivity index (χ3v) is 4.85. The van der Waals surface area contributed by atoms with Crippen LogP contribution in [0, 0.1) is 6.92 Å². The van der Waals surface area contributed by atoms with Crippen molar-refractivity contribution in [3.05, 3.63) is 48.0 Å². The molecule has 21 heavy (non-hydrogen) atoms. The smallest absolute Gasteiger partial charge is 0.180 e. The summed E-state index contributed by atoms with van der Waals surface area (Å²) in [6, 6.07) is 5.90. The molecule has 1 aromatic carbocycles. The highest BCUT2D eigenvalue weighted by molar-refractivity contribution is 7.91. The zero-order chi connectivity index (χ0) is 15.5. The van der Waals surface area contributed by atoms with Gasteiger partial charge in [0.15, 0.2) is 15.7 Å². The summed E-state index contributed by atoms with van der Waals surface area (Å²) < 4.78 is 26.3. The van der Waals surface area contributed by atoms with Crippen molar-refractivity contribution in [2.75, 3.05) is 5.75 Å². The van der Waals surface area contributed by atoms with Gasteiger partial charge in [0.25, 0.3) is 0 Å². The van der Waals surface area contributed by atoms with Crippen molar-refractivity contribution >= 4 is 15.7 Å². The Labute approximate surface area is 122 Å². The average Bonchev–Trinajstić information content (AvgIpc) is 2.90. The summed E-state index contributed by atoms with van der Waals surface area (Å²) in [6.45, 7) is 2.16. The zero-order valence-corrected chi connectivity index (χ0v) is 12.3. The molecule has 1 aromatic heterocycles. The molecule has 8 heteroatoms. The Kier molecular flexibility index (Phi) is 4.27. The van der Waals surface area contributed by atoms with Crippen LogP contribution in [-0.4, -0.2) is 34.8 Å². The number of hydrogen-bond donors (Lipinski definition) is 2. The van der Waals surface area contributed by atoms with Crippen molar-refractivity contribution in [3.63, 3.8) is 0 Å². The van der Waals surface area contributed by atoms with Gasteiger partial charge in [-0.25, -0.2) is 13.4 Å². The molecule has 0 amide bonds. The minimum absolute atomic E-state index is 0.0207. The Morgan fingerprint density at radius 3 is 2.57 bits per heavy atom. The predicted molar refractivity (Wildman–Crippen MR) is 78.0 cm³/mol. The number of rotatable bonds is 5. The molecule has 0 radical (unpaired) electrons. The first-order chi connectivity index (χ1) is 9.94. The van der Waals surface area contributed by atoms with Gasteiger partial charge in [-0.3, -0.25) is 0 Å². The fourth-order valence-electron chi connectivity index (χ4n) is 1.87. The van der Waals surface area contributed by atoms with E-state index in [2.05, 4.69) is 10.1 Å². The van der Waals surface area contributed by atoms with Crippen molar-refractivity contribution in [2.24, 2.45) is 10.9 Å². The topological polar surface area (TPSA) is 111 Å². The van der Waals surface area contributed by atoms with Gasteiger partial charge in [-0.15, -0.1) is 0 Å². The molecule has 0 bridgehead atoms. The van der Waals surface area contributed by atoms with E-state index in [4.69, 9.17) is 10.9 Å². The highest BCUT2D eigenvalue weighted by Crippen LogP contribution is 2.13. The molecule has 0 unspecified atom stereocenters. The van der Waals surface area contributed by atoms with Crippen molar-refractivity contribution in [3.8, 4) is 0 Å². The zero-order valence-electron chi connectivity index (χ0n) is 11.5. The van der Waals surface area contributed by atoms with Crippen molar-refractivity contribution in [1.82, 2.24) is 9.55 Å². The maximum atomic E-state index is 12.2. The molecule has 2 aromatic rings. The molecular weight excluding hydrogens is 292 g/mol. The Morgan fingerprint density at radius 1 is 1.38 bits per heavy atom. The first kappa shape index (κ1) is 15.0. The van der Waals surface area contributed by atoms with Gasteiger partial charge in [0.05, 0.1) is 10.6 Å². The molecule has 0 saturated heterocycles. The number of aryl methyl sites for hydroxylation is 2. The van der Waals surface area contributed by atoms with Gasteiger partial charge in [-0.05, 0) is 31.2 Å². The minimum Gasteiger partial charge on any atom is -0.409 e. The Bertz CT molecular complexity index is 748. The monoisotopic (exact) mass is 308 g/mol. The number of nitrogens with zero attached hydrogens (tertiary/aromatic N) is 3. The Morgan fingerprint density at radius 2 is 2.05 bits per heavy atom. The number of imidazole rings is 1. The van der Waals surface area contributed by atoms with E-state index in [0.717, 1.165) is 5.82 Å². The van der Waals surface area contributed by atoms with E-state index in [9.17, 15) is 8.42 Å². The van der Waals surface area contributed by atoms with Gasteiger partial charge in [-0.2, -0.15) is 0 Å². The number of oxime groups is 1. The van der Waals surface area contributed by atoms with Crippen LogP contribution in [-0.2, 0) is 16.4 Å². The van der Waals surface area contributed by atoms with Crippen LogP contribution in [0.1, 0.15) is 11.4 Å². The largest absolute Gasteiger partial charge is 0.409 e. The Hall–Kier alpha value is -2.35. The summed E-state index contributed by atoms with van der Waals surface area (Å²) >= 11 is 0. The first-order valence-electron chi connectivity index (χ1n) is 6.22. The molecule has 0 spiro atoms. The normalized spacial score (nSPS) is 12.5. The summed E-state index contributed by atoms with van der Waals surface area (Å²) in [6.07, 6.45) is 3.38. The van der Waals surface area contributed by atoms with Crippen molar-refractivity contribution in [2.45, 2.75) is 18.4 Å². The molecule has 0 aliphatic rings. The third kappa shape index (κ3) is 3.40. The summed E-state index contributed by atoms with van der Waals surface area (Å²) in [5.41, 5.74) is 5.89. The van der Waals surface area contributed by atoms with Crippen LogP contribution in [0.5, 0.6) is 0 Å². The summed E-state index contributed by atoms with van der Waals surface area (Å²) in [4.78, 5) is 4.25. The van der Waals surface area contributed by atoms with Gasteiger partial charge >= 0.3 is 0 Å². The summed E-state index contributed by atoms with van der Waals surface area (Å²) in [5, 5.41) is 11.4. The van der Waals surface area contributed by atoms with Crippen LogP contribution in [0.4, 0.5) is 0 Å².